The third-order valence-corrected chi connectivity index (χ3v) is 5.05. The molecule has 1 saturated carbocycles. The lowest BCUT2D eigenvalue weighted by molar-refractivity contribution is 0.204. The number of fused-ring (bicyclic) bond motifs is 1. The molecule has 0 radical (unpaired) electrons. The summed E-state index contributed by atoms with van der Waals surface area (Å²) in [5.41, 5.74) is -0.372. The molecule has 1 aliphatic carbocycles. The van der Waals surface area contributed by atoms with Crippen LogP contribution in [-0.4, -0.2) is 58.8 Å². The van der Waals surface area contributed by atoms with Crippen LogP contribution < -0.4 is 16.0 Å². The number of hydrogen-bond acceptors (Lipinski definition) is 7. The van der Waals surface area contributed by atoms with Crippen LogP contribution in [0.5, 0.6) is 6.01 Å². The maximum atomic E-state index is 12.4. The number of likely N-dealkylation sites (N-methyl/N-ethyl adjacent to an activating group) is 1. The van der Waals surface area contributed by atoms with Crippen molar-refractivity contribution in [2.75, 3.05) is 33.2 Å². The second-order valence-electron chi connectivity index (χ2n) is 7.10. The average Bonchev–Trinajstić information content (AvgIpc) is 3.47. The minimum Gasteiger partial charge on any atom is -0.403 e. The van der Waals surface area contributed by atoms with E-state index in [2.05, 4.69) is 32.0 Å². The number of aromatic nitrogens is 2. The molecule has 0 amide bonds. The van der Waals surface area contributed by atoms with E-state index < -0.39 is 11.2 Å². The fraction of sp³-hybridized carbons (Fsp3) is 0.556. The molecule has 2 aliphatic rings. The van der Waals surface area contributed by atoms with Gasteiger partial charge in [-0.15, -0.1) is 0 Å². The van der Waals surface area contributed by atoms with Crippen LogP contribution in [0, 0.1) is 5.92 Å². The summed E-state index contributed by atoms with van der Waals surface area (Å²) in [5, 5.41) is 4.56. The summed E-state index contributed by atoms with van der Waals surface area (Å²) in [6, 6.07) is 1.24. The third kappa shape index (κ3) is 3.73. The first-order valence-corrected chi connectivity index (χ1v) is 9.30. The van der Waals surface area contributed by atoms with Crippen LogP contribution in [0.3, 0.4) is 0 Å². The van der Waals surface area contributed by atoms with Crippen molar-refractivity contribution >= 4 is 16.9 Å². The monoisotopic (exact) mass is 373 g/mol. The van der Waals surface area contributed by atoms with Crippen LogP contribution >= 0.6 is 0 Å². The van der Waals surface area contributed by atoms with Gasteiger partial charge in [-0.1, -0.05) is 12.1 Å². The lowest BCUT2D eigenvalue weighted by Gasteiger charge is -2.34. The van der Waals surface area contributed by atoms with E-state index in [-0.39, 0.29) is 17.1 Å². The Labute approximate surface area is 155 Å². The zero-order valence-electron chi connectivity index (χ0n) is 15.5. The van der Waals surface area contributed by atoms with Crippen LogP contribution in [0.15, 0.2) is 25.2 Å². The van der Waals surface area contributed by atoms with Crippen molar-refractivity contribution in [3.8, 4) is 6.01 Å². The number of nitrogens with zero attached hydrogens (tertiary/aromatic N) is 4. The summed E-state index contributed by atoms with van der Waals surface area (Å²) in [5.74, 6) is 1.29. The quantitative estimate of drug-likeness (QED) is 0.480. The van der Waals surface area contributed by atoms with Gasteiger partial charge in [-0.05, 0) is 31.9 Å². The number of oxime groups is 1. The normalized spacial score (nSPS) is 18.9. The first-order valence-electron chi connectivity index (χ1n) is 9.30. The SMILES string of the molecule is CCc1cc(=O)oc2nc(O/N=C(\C3CC3)N3CCN(C)CC3)[nH]c(=O)c12. The molecule has 2 fully saturated rings. The second kappa shape index (κ2) is 7.15. The first kappa shape index (κ1) is 17.7. The Balaban J connectivity index is 1.63. The van der Waals surface area contributed by atoms with Crippen LogP contribution in [-0.2, 0) is 6.42 Å². The molecule has 9 heteroatoms. The highest BCUT2D eigenvalue weighted by molar-refractivity contribution is 5.86. The summed E-state index contributed by atoms with van der Waals surface area (Å²) >= 11 is 0. The van der Waals surface area contributed by atoms with Gasteiger partial charge in [0.2, 0.25) is 5.71 Å². The topological polar surface area (TPSA) is 104 Å². The summed E-state index contributed by atoms with van der Waals surface area (Å²) < 4.78 is 5.09. The number of H-pyrrole nitrogens is 1. The Bertz CT molecular complexity index is 983. The van der Waals surface area contributed by atoms with Gasteiger partial charge in [0.05, 0.1) is 0 Å². The van der Waals surface area contributed by atoms with Crippen LogP contribution in [0.25, 0.3) is 11.1 Å². The molecule has 4 rings (SSSR count). The highest BCUT2D eigenvalue weighted by Crippen LogP contribution is 2.32. The van der Waals surface area contributed by atoms with E-state index in [0.29, 0.717) is 17.9 Å². The number of amidine groups is 1. The highest BCUT2D eigenvalue weighted by atomic mass is 16.6. The van der Waals surface area contributed by atoms with Gasteiger partial charge in [-0.2, -0.15) is 4.98 Å². The minimum absolute atomic E-state index is 0.0270. The Hall–Kier alpha value is -2.68. The maximum Gasteiger partial charge on any atom is 0.337 e. The number of piperazine rings is 1. The molecule has 0 unspecified atom stereocenters. The van der Waals surface area contributed by atoms with Crippen LogP contribution in [0.4, 0.5) is 0 Å². The van der Waals surface area contributed by atoms with Crippen molar-refractivity contribution < 1.29 is 9.25 Å². The van der Waals surface area contributed by atoms with Crippen molar-refractivity contribution in [1.29, 1.82) is 0 Å². The van der Waals surface area contributed by atoms with Crippen LogP contribution in [0.2, 0.25) is 0 Å². The number of aryl methyl sites for hydroxylation is 1. The summed E-state index contributed by atoms with van der Waals surface area (Å²) in [6.07, 6.45) is 2.70. The molecular formula is C18H23N5O4. The smallest absolute Gasteiger partial charge is 0.337 e. The van der Waals surface area contributed by atoms with Gasteiger partial charge >= 0.3 is 11.6 Å². The molecule has 9 nitrogen and oxygen atoms in total. The molecule has 0 aromatic carbocycles. The van der Waals surface area contributed by atoms with Gasteiger partial charge in [0, 0.05) is 38.2 Å². The first-order chi connectivity index (χ1) is 13.0. The van der Waals surface area contributed by atoms with E-state index in [1.54, 1.807) is 0 Å². The Morgan fingerprint density at radius 1 is 1.33 bits per heavy atom. The van der Waals surface area contributed by atoms with E-state index in [0.717, 1.165) is 44.9 Å². The predicted octanol–water partition coefficient (Wildman–Crippen LogP) is 0.788. The van der Waals surface area contributed by atoms with Crippen molar-refractivity contribution in [1.82, 2.24) is 19.8 Å². The van der Waals surface area contributed by atoms with Gasteiger partial charge in [0.15, 0.2) is 0 Å². The summed E-state index contributed by atoms with van der Waals surface area (Å²) in [7, 11) is 2.10. The van der Waals surface area contributed by atoms with E-state index >= 15 is 0 Å². The summed E-state index contributed by atoms with van der Waals surface area (Å²) in [6.45, 7) is 5.60. The van der Waals surface area contributed by atoms with Gasteiger partial charge < -0.3 is 19.1 Å². The third-order valence-electron chi connectivity index (χ3n) is 5.05. The molecular weight excluding hydrogens is 350 g/mol. The standard InChI is InChI=1S/C18H23N5O4/c1-3-11-10-13(24)26-17-14(11)16(25)19-18(20-17)27-21-15(12-4-5-12)23-8-6-22(2)7-9-23/h10,12H,3-9H2,1-2H3,(H,19,20,25)/b21-15+. The van der Waals surface area contributed by atoms with E-state index in [1.165, 1.54) is 6.07 Å². The molecule has 144 valence electrons. The molecule has 1 aliphatic heterocycles. The molecule has 0 atom stereocenters. The molecule has 3 heterocycles. The largest absolute Gasteiger partial charge is 0.403 e. The van der Waals surface area contributed by atoms with Crippen molar-refractivity contribution in [2.24, 2.45) is 11.1 Å². The number of hydrogen-bond donors (Lipinski definition) is 1. The molecule has 0 spiro atoms. The van der Waals surface area contributed by atoms with Gasteiger partial charge in [-0.3, -0.25) is 9.78 Å². The van der Waals surface area contributed by atoms with Gasteiger partial charge in [0.1, 0.15) is 11.2 Å². The van der Waals surface area contributed by atoms with Crippen molar-refractivity contribution in [2.45, 2.75) is 26.2 Å². The average molecular weight is 373 g/mol. The van der Waals surface area contributed by atoms with E-state index in [4.69, 9.17) is 9.25 Å². The molecule has 1 N–H and O–H groups in total. The zero-order valence-corrected chi connectivity index (χ0v) is 15.5. The Morgan fingerprint density at radius 2 is 2.07 bits per heavy atom. The molecule has 2 aromatic rings. The van der Waals surface area contributed by atoms with Crippen molar-refractivity contribution in [3.05, 3.63) is 32.4 Å². The van der Waals surface area contributed by atoms with Gasteiger partial charge in [-0.25, -0.2) is 4.79 Å². The Morgan fingerprint density at radius 3 is 2.74 bits per heavy atom. The highest BCUT2D eigenvalue weighted by Gasteiger charge is 2.33. The zero-order chi connectivity index (χ0) is 19.0. The minimum atomic E-state index is -0.539. The van der Waals surface area contributed by atoms with E-state index in [9.17, 15) is 9.59 Å². The van der Waals surface area contributed by atoms with Crippen molar-refractivity contribution in [3.63, 3.8) is 0 Å². The maximum absolute atomic E-state index is 12.4. The lowest BCUT2D eigenvalue weighted by Crippen LogP contribution is -2.47. The van der Waals surface area contributed by atoms with Crippen LogP contribution in [0.1, 0.15) is 25.3 Å². The molecule has 1 saturated heterocycles. The second-order valence-corrected chi connectivity index (χ2v) is 7.10. The number of rotatable bonds is 4. The number of aromatic amines is 1. The fourth-order valence-corrected chi connectivity index (χ4v) is 3.31. The molecule has 2 aromatic heterocycles. The fourth-order valence-electron chi connectivity index (χ4n) is 3.31. The predicted molar refractivity (Wildman–Crippen MR) is 100 cm³/mol. The Kier molecular flexibility index (Phi) is 4.69. The molecule has 27 heavy (non-hydrogen) atoms. The summed E-state index contributed by atoms with van der Waals surface area (Å²) in [4.78, 5) is 40.8. The van der Waals surface area contributed by atoms with E-state index in [1.807, 2.05) is 6.92 Å². The number of nitrogens with one attached hydrogen (secondary N) is 1. The lowest BCUT2D eigenvalue weighted by atomic mass is 10.1. The molecule has 0 bridgehead atoms. The van der Waals surface area contributed by atoms with Gasteiger partial charge in [0.25, 0.3) is 5.56 Å².